The molecule has 30 heavy (non-hydrogen) atoms. The van der Waals surface area contributed by atoms with Crippen LogP contribution in [-0.2, 0) is 4.79 Å². The number of hydrogen-bond acceptors (Lipinski definition) is 6. The predicted molar refractivity (Wildman–Crippen MR) is 114 cm³/mol. The van der Waals surface area contributed by atoms with Crippen LogP contribution in [-0.4, -0.2) is 26.8 Å². The van der Waals surface area contributed by atoms with Crippen molar-refractivity contribution in [3.05, 3.63) is 58.9 Å². The van der Waals surface area contributed by atoms with E-state index in [1.165, 1.54) is 35.7 Å². The molecule has 8 heteroatoms. The molecule has 0 aliphatic carbocycles. The zero-order chi connectivity index (χ0) is 21.4. The first-order valence-corrected chi connectivity index (χ1v) is 10.6. The number of anilines is 1. The molecular weight excluding hydrogens is 403 g/mol. The summed E-state index contributed by atoms with van der Waals surface area (Å²) in [6.07, 6.45) is -0.893. The van der Waals surface area contributed by atoms with Crippen LogP contribution >= 0.6 is 11.8 Å². The molecule has 1 aliphatic rings. The van der Waals surface area contributed by atoms with Crippen LogP contribution in [0.2, 0.25) is 0 Å². The van der Waals surface area contributed by atoms with Gasteiger partial charge in [-0.05, 0) is 43.4 Å². The van der Waals surface area contributed by atoms with Gasteiger partial charge in [-0.1, -0.05) is 42.4 Å². The summed E-state index contributed by atoms with van der Waals surface area (Å²) in [4.78, 5) is 18.9. The maximum absolute atomic E-state index is 14.0. The molecule has 0 N–H and O–H groups in total. The van der Waals surface area contributed by atoms with Gasteiger partial charge in [0.2, 0.25) is 23.2 Å². The number of nitrogens with zero attached hydrogens (tertiary/aromatic N) is 4. The first kappa shape index (κ1) is 20.3. The van der Waals surface area contributed by atoms with Gasteiger partial charge >= 0.3 is 0 Å². The summed E-state index contributed by atoms with van der Waals surface area (Å²) >= 11 is 1.44. The number of amides is 1. The lowest BCUT2D eigenvalue weighted by Crippen LogP contribution is -2.36. The molecule has 2 heterocycles. The Kier molecular flexibility index (Phi) is 5.42. The molecule has 1 aliphatic heterocycles. The maximum Gasteiger partial charge on any atom is 0.247 e. The number of halogens is 1. The van der Waals surface area contributed by atoms with Gasteiger partial charge in [-0.3, -0.25) is 9.69 Å². The minimum atomic E-state index is -0.893. The molecular formula is C22H21FN4O2S. The third-order valence-electron chi connectivity index (χ3n) is 4.78. The third kappa shape index (κ3) is 3.63. The Morgan fingerprint density at radius 1 is 1.23 bits per heavy atom. The number of aryl methyl sites for hydroxylation is 2. The van der Waals surface area contributed by atoms with Crippen LogP contribution in [0.5, 0.6) is 5.88 Å². The van der Waals surface area contributed by atoms with Crippen molar-refractivity contribution in [2.75, 3.05) is 10.7 Å². The first-order valence-electron chi connectivity index (χ1n) is 9.60. The molecule has 0 saturated heterocycles. The molecule has 0 bridgehead atoms. The third-order valence-corrected chi connectivity index (χ3v) is 5.50. The number of benzene rings is 2. The highest BCUT2D eigenvalue weighted by atomic mass is 32.2. The van der Waals surface area contributed by atoms with Crippen molar-refractivity contribution in [1.29, 1.82) is 0 Å². The molecule has 2 aromatic carbocycles. The van der Waals surface area contributed by atoms with E-state index in [1.807, 2.05) is 32.9 Å². The molecule has 0 fully saturated rings. The van der Waals surface area contributed by atoms with Crippen molar-refractivity contribution in [3.8, 4) is 17.1 Å². The highest BCUT2D eigenvalue weighted by Gasteiger charge is 2.36. The monoisotopic (exact) mass is 424 g/mol. The number of carbonyl (C=O) groups is 1. The molecule has 1 aromatic heterocycles. The molecule has 4 rings (SSSR count). The Morgan fingerprint density at radius 3 is 2.73 bits per heavy atom. The minimum absolute atomic E-state index is 0.235. The molecule has 6 nitrogen and oxygen atoms in total. The van der Waals surface area contributed by atoms with Gasteiger partial charge in [0.1, 0.15) is 5.82 Å². The average Bonchev–Trinajstić information content (AvgIpc) is 2.83. The van der Waals surface area contributed by atoms with E-state index in [9.17, 15) is 9.18 Å². The largest absolute Gasteiger partial charge is 0.447 e. The SMILES string of the molecule is CCSc1nnc2c(n1)O[C@H](c1cccc(F)c1)N(C(C)=O)c1c(C)cc(C)cc1-2. The molecule has 1 atom stereocenters. The van der Waals surface area contributed by atoms with E-state index in [1.54, 1.807) is 12.1 Å². The number of aromatic nitrogens is 3. The van der Waals surface area contributed by atoms with Crippen molar-refractivity contribution < 1.29 is 13.9 Å². The van der Waals surface area contributed by atoms with E-state index in [-0.39, 0.29) is 11.8 Å². The van der Waals surface area contributed by atoms with E-state index in [0.717, 1.165) is 16.9 Å². The average molecular weight is 425 g/mol. The van der Waals surface area contributed by atoms with Gasteiger partial charge in [-0.25, -0.2) is 4.39 Å². The van der Waals surface area contributed by atoms with Gasteiger partial charge in [0.05, 0.1) is 5.69 Å². The molecule has 3 aromatic rings. The lowest BCUT2D eigenvalue weighted by Gasteiger charge is -2.31. The Balaban J connectivity index is 2.02. The van der Waals surface area contributed by atoms with Gasteiger partial charge in [0.15, 0.2) is 5.69 Å². The van der Waals surface area contributed by atoms with Crippen molar-refractivity contribution >= 4 is 23.4 Å². The summed E-state index contributed by atoms with van der Waals surface area (Å²) in [5, 5.41) is 9.10. The van der Waals surface area contributed by atoms with Crippen molar-refractivity contribution in [3.63, 3.8) is 0 Å². The highest BCUT2D eigenvalue weighted by molar-refractivity contribution is 7.99. The van der Waals surface area contributed by atoms with Gasteiger partial charge in [0, 0.05) is 18.1 Å². The van der Waals surface area contributed by atoms with Crippen molar-refractivity contribution in [2.45, 2.75) is 39.1 Å². The second kappa shape index (κ2) is 8.02. The molecule has 0 saturated carbocycles. The summed E-state index contributed by atoms with van der Waals surface area (Å²) in [5.41, 5.74) is 4.23. The number of carbonyl (C=O) groups excluding carboxylic acids is 1. The first-order chi connectivity index (χ1) is 14.4. The van der Waals surface area contributed by atoms with E-state index in [2.05, 4.69) is 15.2 Å². The molecule has 0 spiro atoms. The Bertz CT molecular complexity index is 1140. The number of ether oxygens (including phenoxy) is 1. The molecule has 0 radical (unpaired) electrons. The fourth-order valence-electron chi connectivity index (χ4n) is 3.68. The normalized spacial score (nSPS) is 15.1. The van der Waals surface area contributed by atoms with E-state index < -0.39 is 12.0 Å². The van der Waals surface area contributed by atoms with E-state index >= 15 is 0 Å². The van der Waals surface area contributed by atoms with Crippen LogP contribution in [0.15, 0.2) is 41.6 Å². The number of hydrogen-bond donors (Lipinski definition) is 0. The van der Waals surface area contributed by atoms with Crippen LogP contribution in [0.25, 0.3) is 11.3 Å². The second-order valence-corrected chi connectivity index (χ2v) is 8.30. The number of fused-ring (bicyclic) bond motifs is 3. The number of thioether (sulfide) groups is 1. The van der Waals surface area contributed by atoms with Crippen LogP contribution in [0.4, 0.5) is 10.1 Å². The van der Waals surface area contributed by atoms with Crippen LogP contribution < -0.4 is 9.64 Å². The Morgan fingerprint density at radius 2 is 2.03 bits per heavy atom. The van der Waals surface area contributed by atoms with Gasteiger partial charge in [-0.15, -0.1) is 10.2 Å². The summed E-state index contributed by atoms with van der Waals surface area (Å²) < 4.78 is 20.3. The van der Waals surface area contributed by atoms with Gasteiger partial charge < -0.3 is 4.74 Å². The zero-order valence-corrected chi connectivity index (χ0v) is 18.0. The van der Waals surface area contributed by atoms with E-state index in [4.69, 9.17) is 4.74 Å². The summed E-state index contributed by atoms with van der Waals surface area (Å²) in [7, 11) is 0. The number of rotatable bonds is 3. The van der Waals surface area contributed by atoms with Crippen LogP contribution in [0.3, 0.4) is 0 Å². The van der Waals surface area contributed by atoms with Gasteiger partial charge in [0.25, 0.3) is 0 Å². The lowest BCUT2D eigenvalue weighted by atomic mass is 10.00. The predicted octanol–water partition coefficient (Wildman–Crippen LogP) is 4.85. The highest BCUT2D eigenvalue weighted by Crippen LogP contribution is 2.45. The molecule has 1 amide bonds. The Hall–Kier alpha value is -3.00. The van der Waals surface area contributed by atoms with Crippen LogP contribution in [0.1, 0.15) is 36.8 Å². The zero-order valence-electron chi connectivity index (χ0n) is 17.1. The molecule has 0 unspecified atom stereocenters. The van der Waals surface area contributed by atoms with Crippen molar-refractivity contribution in [1.82, 2.24) is 15.2 Å². The van der Waals surface area contributed by atoms with E-state index in [0.29, 0.717) is 27.7 Å². The smallest absolute Gasteiger partial charge is 0.247 e. The van der Waals surface area contributed by atoms with Gasteiger partial charge in [-0.2, -0.15) is 4.98 Å². The second-order valence-electron chi connectivity index (χ2n) is 7.07. The summed E-state index contributed by atoms with van der Waals surface area (Å²) in [6.45, 7) is 7.36. The fraction of sp³-hybridized carbons (Fsp3) is 0.273. The summed E-state index contributed by atoms with van der Waals surface area (Å²) in [5.74, 6) is 0.405. The van der Waals surface area contributed by atoms with Crippen LogP contribution in [0, 0.1) is 19.7 Å². The fourth-order valence-corrected chi connectivity index (χ4v) is 4.18. The molecule has 154 valence electrons. The minimum Gasteiger partial charge on any atom is -0.447 e. The standard InChI is InChI=1S/C22H21FN4O2S/c1-5-30-22-24-20-18(25-26-22)17-10-12(2)9-13(3)19(17)27(14(4)28)21(29-20)15-7-6-8-16(23)11-15/h6-11,21H,5H2,1-4H3/t21-/m1/s1. The maximum atomic E-state index is 14.0. The quantitative estimate of drug-likeness (QED) is 0.560. The topological polar surface area (TPSA) is 68.2 Å². The van der Waals surface area contributed by atoms with Crippen molar-refractivity contribution in [2.24, 2.45) is 0 Å². The Labute approximate surface area is 178 Å². The lowest BCUT2D eigenvalue weighted by molar-refractivity contribution is -0.118. The summed E-state index contributed by atoms with van der Waals surface area (Å²) in [6, 6.07) is 9.98.